The van der Waals surface area contributed by atoms with Gasteiger partial charge in [0.25, 0.3) is 5.91 Å². The molecule has 2 saturated heterocycles. The van der Waals surface area contributed by atoms with E-state index in [-0.39, 0.29) is 29.7 Å². The van der Waals surface area contributed by atoms with Crippen LogP contribution in [0.4, 0.5) is 0 Å². The van der Waals surface area contributed by atoms with E-state index in [0.29, 0.717) is 24.3 Å². The van der Waals surface area contributed by atoms with Crippen LogP contribution in [0.5, 0.6) is 5.75 Å². The highest BCUT2D eigenvalue weighted by atomic mass is 32.2. The summed E-state index contributed by atoms with van der Waals surface area (Å²) in [7, 11) is -2.60. The Labute approximate surface area is 181 Å². The maximum absolute atomic E-state index is 13.5. The van der Waals surface area contributed by atoms with E-state index in [4.69, 9.17) is 4.74 Å². The lowest BCUT2D eigenvalue weighted by Gasteiger charge is -2.38. The Morgan fingerprint density at radius 1 is 1.06 bits per heavy atom. The van der Waals surface area contributed by atoms with E-state index in [0.717, 1.165) is 4.31 Å². The van der Waals surface area contributed by atoms with Gasteiger partial charge in [-0.3, -0.25) is 9.59 Å². The number of rotatable bonds is 5. The molecule has 1 amide bonds. The Bertz CT molecular complexity index is 1070. The fraction of sp³-hybridized carbons (Fsp3) is 0.364. The van der Waals surface area contributed by atoms with E-state index in [1.54, 1.807) is 29.2 Å². The quantitative estimate of drug-likeness (QED) is 0.757. The summed E-state index contributed by atoms with van der Waals surface area (Å²) < 4.78 is 33.1. The number of hydrogen-bond acceptors (Lipinski definition) is 5. The number of ether oxygens (including phenoxy) is 1. The van der Waals surface area contributed by atoms with Gasteiger partial charge in [0.2, 0.25) is 10.0 Å². The molecule has 0 aliphatic carbocycles. The zero-order valence-electron chi connectivity index (χ0n) is 17.0. The van der Waals surface area contributed by atoms with E-state index in [1.807, 2.05) is 6.07 Å². The highest BCUT2D eigenvalue weighted by Gasteiger charge is 2.52. The van der Waals surface area contributed by atoms with Crippen LogP contribution in [0, 0.1) is 5.92 Å². The maximum Gasteiger partial charge on any atom is 0.322 e. The Morgan fingerprint density at radius 2 is 1.74 bits per heavy atom. The Balaban J connectivity index is 1.66. The standard InChI is InChI=1S/C22H24N2O6S/c1-30-17-7-9-18(10-8-17)31(28,29)24-19(22(26)27)13-16-11-12-23(14-20(16)24)21(25)15-5-3-2-4-6-15/h2-10,16,19-20H,11-14H2,1H3,(H,26,27)/t16?,19?,20-/m0/s1. The molecule has 2 heterocycles. The van der Waals surface area contributed by atoms with Crippen molar-refractivity contribution in [3.63, 3.8) is 0 Å². The van der Waals surface area contributed by atoms with Gasteiger partial charge in [-0.15, -0.1) is 0 Å². The first-order valence-corrected chi connectivity index (χ1v) is 11.5. The van der Waals surface area contributed by atoms with E-state index < -0.39 is 28.1 Å². The van der Waals surface area contributed by atoms with Crippen molar-refractivity contribution >= 4 is 21.9 Å². The number of nitrogens with zero attached hydrogens (tertiary/aromatic N) is 2. The molecular formula is C22H24N2O6S. The average Bonchev–Trinajstić information content (AvgIpc) is 3.19. The van der Waals surface area contributed by atoms with Gasteiger partial charge in [-0.2, -0.15) is 4.31 Å². The minimum atomic E-state index is -4.08. The molecule has 2 unspecified atom stereocenters. The molecule has 0 aromatic heterocycles. The summed E-state index contributed by atoms with van der Waals surface area (Å²) in [5, 5.41) is 9.77. The van der Waals surface area contributed by atoms with Crippen LogP contribution in [0.25, 0.3) is 0 Å². The maximum atomic E-state index is 13.5. The molecule has 4 rings (SSSR count). The Kier molecular flexibility index (Phi) is 5.72. The predicted molar refractivity (Wildman–Crippen MR) is 112 cm³/mol. The lowest BCUT2D eigenvalue weighted by Crippen LogP contribution is -2.53. The van der Waals surface area contributed by atoms with Crippen LogP contribution in [-0.2, 0) is 14.8 Å². The molecule has 2 fully saturated rings. The van der Waals surface area contributed by atoms with Gasteiger partial charge in [0.1, 0.15) is 11.8 Å². The number of benzene rings is 2. The lowest BCUT2D eigenvalue weighted by molar-refractivity contribution is -0.141. The van der Waals surface area contributed by atoms with Crippen molar-refractivity contribution in [2.45, 2.75) is 29.8 Å². The Morgan fingerprint density at radius 3 is 2.35 bits per heavy atom. The Hall–Kier alpha value is -2.91. The zero-order chi connectivity index (χ0) is 22.2. The number of hydrogen-bond donors (Lipinski definition) is 1. The number of carboxylic acid groups (broad SMARTS) is 1. The molecule has 2 aromatic carbocycles. The molecule has 9 heteroatoms. The molecule has 0 radical (unpaired) electrons. The largest absolute Gasteiger partial charge is 0.497 e. The van der Waals surface area contributed by atoms with E-state index in [2.05, 4.69) is 0 Å². The second-order valence-corrected chi connectivity index (χ2v) is 9.68. The van der Waals surface area contributed by atoms with Gasteiger partial charge in [0.15, 0.2) is 0 Å². The van der Waals surface area contributed by atoms with E-state index in [9.17, 15) is 23.1 Å². The molecule has 164 valence electrons. The number of carbonyl (C=O) groups is 2. The van der Waals surface area contributed by atoms with Crippen LogP contribution in [0.1, 0.15) is 23.2 Å². The van der Waals surface area contributed by atoms with Gasteiger partial charge in [-0.05, 0) is 55.2 Å². The number of carboxylic acids is 1. The second kappa shape index (κ2) is 8.32. The number of carbonyl (C=O) groups excluding carboxylic acids is 1. The van der Waals surface area contributed by atoms with E-state index in [1.165, 1.54) is 31.4 Å². The van der Waals surface area contributed by atoms with Crippen LogP contribution in [0.2, 0.25) is 0 Å². The molecular weight excluding hydrogens is 420 g/mol. The number of likely N-dealkylation sites (tertiary alicyclic amines) is 1. The van der Waals surface area contributed by atoms with Crippen molar-refractivity contribution in [3.8, 4) is 5.75 Å². The van der Waals surface area contributed by atoms with Crippen LogP contribution in [-0.4, -0.2) is 66.9 Å². The molecule has 3 atom stereocenters. The summed E-state index contributed by atoms with van der Waals surface area (Å²) in [5.41, 5.74) is 0.526. The third-order valence-electron chi connectivity index (χ3n) is 6.11. The monoisotopic (exact) mass is 444 g/mol. The minimum absolute atomic E-state index is 0.00621. The van der Waals surface area contributed by atoms with Crippen molar-refractivity contribution in [2.24, 2.45) is 5.92 Å². The molecule has 0 spiro atoms. The van der Waals surface area contributed by atoms with E-state index >= 15 is 0 Å². The predicted octanol–water partition coefficient (Wildman–Crippen LogP) is 2.07. The molecule has 1 N–H and O–H groups in total. The first kappa shape index (κ1) is 21.3. The van der Waals surface area contributed by atoms with Crippen molar-refractivity contribution in [2.75, 3.05) is 20.2 Å². The van der Waals surface area contributed by atoms with Gasteiger partial charge in [0, 0.05) is 24.7 Å². The van der Waals surface area contributed by atoms with Gasteiger partial charge in [0.05, 0.1) is 12.0 Å². The normalized spacial score (nSPS) is 23.9. The minimum Gasteiger partial charge on any atom is -0.497 e. The third-order valence-corrected chi connectivity index (χ3v) is 8.06. The molecule has 8 nitrogen and oxygen atoms in total. The second-order valence-electron chi connectivity index (χ2n) is 7.83. The summed E-state index contributed by atoms with van der Waals surface area (Å²) in [6.07, 6.45) is 0.796. The summed E-state index contributed by atoms with van der Waals surface area (Å²) in [4.78, 5) is 26.5. The third kappa shape index (κ3) is 3.90. The molecule has 2 aromatic rings. The first-order chi connectivity index (χ1) is 14.8. The van der Waals surface area contributed by atoms with Gasteiger partial charge in [-0.1, -0.05) is 18.2 Å². The number of amides is 1. The van der Waals surface area contributed by atoms with Crippen molar-refractivity contribution in [3.05, 3.63) is 60.2 Å². The average molecular weight is 445 g/mol. The number of methoxy groups -OCH3 is 1. The smallest absolute Gasteiger partial charge is 0.322 e. The molecule has 0 bridgehead atoms. The number of piperidine rings is 1. The lowest BCUT2D eigenvalue weighted by atomic mass is 9.91. The molecule has 31 heavy (non-hydrogen) atoms. The highest BCUT2D eigenvalue weighted by Crippen LogP contribution is 2.40. The van der Waals surface area contributed by atoms with Crippen LogP contribution in [0.3, 0.4) is 0 Å². The summed E-state index contributed by atoms with van der Waals surface area (Å²) in [5.74, 6) is -0.966. The van der Waals surface area contributed by atoms with Crippen molar-refractivity contribution < 1.29 is 27.9 Å². The van der Waals surface area contributed by atoms with Crippen LogP contribution >= 0.6 is 0 Å². The molecule has 0 saturated carbocycles. The molecule has 2 aliphatic rings. The van der Waals surface area contributed by atoms with Crippen molar-refractivity contribution in [1.29, 1.82) is 0 Å². The van der Waals surface area contributed by atoms with Gasteiger partial charge < -0.3 is 14.7 Å². The fourth-order valence-electron chi connectivity index (χ4n) is 4.54. The van der Waals surface area contributed by atoms with Gasteiger partial charge >= 0.3 is 5.97 Å². The number of aliphatic carboxylic acids is 1. The highest BCUT2D eigenvalue weighted by molar-refractivity contribution is 7.89. The summed E-state index contributed by atoms with van der Waals surface area (Å²) >= 11 is 0. The number of fused-ring (bicyclic) bond motifs is 1. The van der Waals surface area contributed by atoms with Gasteiger partial charge in [-0.25, -0.2) is 8.42 Å². The number of sulfonamides is 1. The zero-order valence-corrected chi connectivity index (χ0v) is 17.9. The fourth-order valence-corrected chi connectivity index (χ4v) is 6.37. The topological polar surface area (TPSA) is 104 Å². The van der Waals surface area contributed by atoms with Crippen LogP contribution in [0.15, 0.2) is 59.5 Å². The SMILES string of the molecule is COc1ccc(S(=O)(=O)N2C(C(=O)O)CC3CCN(C(=O)c4ccccc4)C[C@@H]32)cc1. The first-order valence-electron chi connectivity index (χ1n) is 10.1. The van der Waals surface area contributed by atoms with Crippen molar-refractivity contribution in [1.82, 2.24) is 9.21 Å². The summed E-state index contributed by atoms with van der Waals surface area (Å²) in [6.45, 7) is 0.634. The molecule has 2 aliphatic heterocycles. The van der Waals surface area contributed by atoms with Crippen LogP contribution < -0.4 is 4.74 Å². The summed E-state index contributed by atoms with van der Waals surface area (Å²) in [6, 6.07) is 12.9.